The number of amides is 2. The second-order valence-electron chi connectivity index (χ2n) is 5.15. The van der Waals surface area contributed by atoms with Gasteiger partial charge in [-0.25, -0.2) is 4.39 Å². The van der Waals surface area contributed by atoms with E-state index in [-0.39, 0.29) is 17.3 Å². The zero-order valence-corrected chi connectivity index (χ0v) is 13.7. The Hall–Kier alpha value is -2.37. The van der Waals surface area contributed by atoms with Gasteiger partial charge in [0.1, 0.15) is 16.5 Å². The fourth-order valence-electron chi connectivity index (χ4n) is 2.28. The second-order valence-corrected chi connectivity index (χ2v) is 5.96. The van der Waals surface area contributed by atoms with Crippen LogP contribution < -0.4 is 5.32 Å². The van der Waals surface area contributed by atoms with Gasteiger partial charge in [0.15, 0.2) is 0 Å². The molecule has 0 aromatic heterocycles. The molecule has 0 spiro atoms. The Morgan fingerprint density at radius 3 is 2.38 bits per heavy atom. The first kappa shape index (κ1) is 16.5. The van der Waals surface area contributed by atoms with Crippen LogP contribution in [-0.4, -0.2) is 16.7 Å². The summed E-state index contributed by atoms with van der Waals surface area (Å²) in [5.74, 6) is -1.63. The van der Waals surface area contributed by atoms with Gasteiger partial charge in [0.2, 0.25) is 0 Å². The van der Waals surface area contributed by atoms with Crippen LogP contribution in [0.1, 0.15) is 5.56 Å². The summed E-state index contributed by atoms with van der Waals surface area (Å²) in [5.41, 5.74) is 0.997. The molecule has 0 radical (unpaired) electrons. The smallest absolute Gasteiger partial charge is 0.279 e. The van der Waals surface area contributed by atoms with Crippen LogP contribution in [0.15, 0.2) is 59.3 Å². The molecule has 122 valence electrons. The minimum Gasteiger partial charge on any atom is -0.350 e. The largest absolute Gasteiger partial charge is 0.350 e. The monoisotopic (exact) mass is 364 g/mol. The maximum absolute atomic E-state index is 13.2. The first-order valence-electron chi connectivity index (χ1n) is 6.98. The van der Waals surface area contributed by atoms with E-state index < -0.39 is 17.6 Å². The number of hydrogen-bond donors (Lipinski definition) is 1. The first-order chi connectivity index (χ1) is 11.5. The molecule has 0 aliphatic carbocycles. The first-order valence-corrected chi connectivity index (χ1v) is 7.74. The minimum atomic E-state index is -0.601. The fraction of sp³-hybridized carbons (Fsp3) is 0.0588. The minimum absolute atomic E-state index is 0.0683. The quantitative estimate of drug-likeness (QED) is 0.836. The van der Waals surface area contributed by atoms with Crippen LogP contribution in [0.3, 0.4) is 0 Å². The molecule has 2 aromatic rings. The predicted molar refractivity (Wildman–Crippen MR) is 89.9 cm³/mol. The number of carbonyl (C=O) groups excluding carboxylic acids is 2. The zero-order valence-electron chi connectivity index (χ0n) is 12.2. The van der Waals surface area contributed by atoms with Gasteiger partial charge in [-0.15, -0.1) is 0 Å². The zero-order chi connectivity index (χ0) is 17.3. The standard InChI is InChI=1S/C17H11Cl2FN2O2/c18-11-6-4-10(5-7-11)9-22-16(23)14(19)15(17(22)24)21-13-3-1-2-12(20)8-13/h1-8,21H,9H2. The van der Waals surface area contributed by atoms with Gasteiger partial charge in [-0.1, -0.05) is 41.4 Å². The number of rotatable bonds is 4. The van der Waals surface area contributed by atoms with E-state index in [2.05, 4.69) is 5.32 Å². The summed E-state index contributed by atoms with van der Waals surface area (Å²) in [7, 11) is 0. The molecule has 0 bridgehead atoms. The molecule has 1 heterocycles. The Morgan fingerprint density at radius 1 is 1.00 bits per heavy atom. The lowest BCUT2D eigenvalue weighted by atomic mass is 10.2. The van der Waals surface area contributed by atoms with Gasteiger partial charge in [-0.05, 0) is 35.9 Å². The lowest BCUT2D eigenvalue weighted by Gasteiger charge is -2.15. The highest BCUT2D eigenvalue weighted by atomic mass is 35.5. The molecule has 1 N–H and O–H groups in total. The summed E-state index contributed by atoms with van der Waals surface area (Å²) in [4.78, 5) is 25.7. The van der Waals surface area contributed by atoms with E-state index >= 15 is 0 Å². The molecule has 1 aliphatic rings. The molecule has 0 atom stereocenters. The van der Waals surface area contributed by atoms with E-state index in [1.165, 1.54) is 18.2 Å². The van der Waals surface area contributed by atoms with Crippen molar-refractivity contribution in [1.82, 2.24) is 4.90 Å². The number of hydrogen-bond acceptors (Lipinski definition) is 3. The summed E-state index contributed by atoms with van der Waals surface area (Å²) in [6, 6.07) is 12.3. The Balaban J connectivity index is 1.80. The van der Waals surface area contributed by atoms with Crippen molar-refractivity contribution < 1.29 is 14.0 Å². The number of imide groups is 1. The van der Waals surface area contributed by atoms with Gasteiger partial charge < -0.3 is 5.32 Å². The molecular weight excluding hydrogens is 354 g/mol. The number of nitrogens with zero attached hydrogens (tertiary/aromatic N) is 1. The van der Waals surface area contributed by atoms with E-state index in [0.29, 0.717) is 10.7 Å². The molecule has 0 saturated carbocycles. The van der Waals surface area contributed by atoms with Crippen molar-refractivity contribution in [2.45, 2.75) is 6.54 Å². The lowest BCUT2D eigenvalue weighted by molar-refractivity contribution is -0.138. The molecule has 4 nitrogen and oxygen atoms in total. The van der Waals surface area contributed by atoms with Gasteiger partial charge >= 0.3 is 0 Å². The molecule has 2 aromatic carbocycles. The van der Waals surface area contributed by atoms with Crippen molar-refractivity contribution >= 4 is 40.7 Å². The molecule has 2 amide bonds. The third-order valence-corrected chi connectivity index (χ3v) is 4.06. The number of carbonyl (C=O) groups is 2. The van der Waals surface area contributed by atoms with E-state index in [1.807, 2.05) is 0 Å². The molecule has 1 aliphatic heterocycles. The van der Waals surface area contributed by atoms with Gasteiger partial charge in [0.05, 0.1) is 6.54 Å². The van der Waals surface area contributed by atoms with Gasteiger partial charge in [-0.3, -0.25) is 14.5 Å². The summed E-state index contributed by atoms with van der Waals surface area (Å²) >= 11 is 11.8. The van der Waals surface area contributed by atoms with E-state index in [0.717, 1.165) is 10.5 Å². The van der Waals surface area contributed by atoms with Crippen molar-refractivity contribution in [3.63, 3.8) is 0 Å². The molecule has 0 saturated heterocycles. The van der Waals surface area contributed by atoms with E-state index in [4.69, 9.17) is 23.2 Å². The molecule has 0 unspecified atom stereocenters. The summed E-state index contributed by atoms with van der Waals surface area (Å²) < 4.78 is 13.2. The summed E-state index contributed by atoms with van der Waals surface area (Å²) in [6.45, 7) is 0.0688. The number of anilines is 1. The Labute approximate surface area is 147 Å². The van der Waals surface area contributed by atoms with Crippen LogP contribution in [0, 0.1) is 5.82 Å². The van der Waals surface area contributed by atoms with Crippen molar-refractivity contribution in [2.75, 3.05) is 5.32 Å². The van der Waals surface area contributed by atoms with Crippen LogP contribution in [0.4, 0.5) is 10.1 Å². The Kier molecular flexibility index (Phi) is 4.55. The number of halogens is 3. The average Bonchev–Trinajstić information content (AvgIpc) is 2.75. The lowest BCUT2D eigenvalue weighted by Crippen LogP contribution is -2.31. The number of benzene rings is 2. The van der Waals surface area contributed by atoms with E-state index in [9.17, 15) is 14.0 Å². The van der Waals surface area contributed by atoms with E-state index in [1.54, 1.807) is 30.3 Å². The topological polar surface area (TPSA) is 49.4 Å². The van der Waals surface area contributed by atoms with Crippen molar-refractivity contribution in [3.8, 4) is 0 Å². The molecule has 0 fully saturated rings. The van der Waals surface area contributed by atoms with Crippen LogP contribution >= 0.6 is 23.2 Å². The normalized spacial score (nSPS) is 14.5. The number of nitrogens with one attached hydrogen (secondary N) is 1. The molecular formula is C17H11Cl2FN2O2. The van der Waals surface area contributed by atoms with Crippen LogP contribution in [-0.2, 0) is 16.1 Å². The summed E-state index contributed by atoms with van der Waals surface area (Å²) in [6.07, 6.45) is 0. The van der Waals surface area contributed by atoms with Gasteiger partial charge in [-0.2, -0.15) is 0 Å². The third kappa shape index (κ3) is 3.27. The predicted octanol–water partition coefficient (Wildman–Crippen LogP) is 3.91. The molecule has 3 rings (SSSR count). The van der Waals surface area contributed by atoms with Crippen LogP contribution in [0.5, 0.6) is 0 Å². The molecule has 24 heavy (non-hydrogen) atoms. The van der Waals surface area contributed by atoms with Crippen LogP contribution in [0.2, 0.25) is 5.02 Å². The van der Waals surface area contributed by atoms with Crippen molar-refractivity contribution in [2.24, 2.45) is 0 Å². The van der Waals surface area contributed by atoms with Gasteiger partial charge in [0, 0.05) is 10.7 Å². The fourth-order valence-corrected chi connectivity index (χ4v) is 2.64. The molecule has 7 heteroatoms. The summed E-state index contributed by atoms with van der Waals surface area (Å²) in [5, 5.41) is 3.04. The maximum Gasteiger partial charge on any atom is 0.279 e. The van der Waals surface area contributed by atoms with Gasteiger partial charge in [0.25, 0.3) is 11.8 Å². The Morgan fingerprint density at radius 2 is 1.71 bits per heavy atom. The highest BCUT2D eigenvalue weighted by Crippen LogP contribution is 2.27. The Bertz CT molecular complexity index is 850. The van der Waals surface area contributed by atoms with Crippen LogP contribution in [0.25, 0.3) is 0 Å². The maximum atomic E-state index is 13.2. The SMILES string of the molecule is O=C1C(Cl)=C(Nc2cccc(F)c2)C(=O)N1Cc1ccc(Cl)cc1. The third-order valence-electron chi connectivity index (χ3n) is 3.46. The van der Waals surface area contributed by atoms with Crippen molar-refractivity contribution in [1.29, 1.82) is 0 Å². The highest BCUT2D eigenvalue weighted by Gasteiger charge is 2.37. The highest BCUT2D eigenvalue weighted by molar-refractivity contribution is 6.48. The second kappa shape index (κ2) is 6.63. The van der Waals surface area contributed by atoms with Crippen molar-refractivity contribution in [3.05, 3.63) is 75.7 Å². The average molecular weight is 365 g/mol.